The van der Waals surface area contributed by atoms with E-state index < -0.39 is 0 Å². The Morgan fingerprint density at radius 3 is 3.00 bits per heavy atom. The lowest BCUT2D eigenvalue weighted by Gasteiger charge is -2.09. The summed E-state index contributed by atoms with van der Waals surface area (Å²) in [6, 6.07) is 9.59. The third kappa shape index (κ3) is 3.17. The summed E-state index contributed by atoms with van der Waals surface area (Å²) in [4.78, 5) is 0. The average molecular weight is 358 g/mol. The van der Waals surface area contributed by atoms with Crippen LogP contribution in [0.2, 0.25) is 0 Å². The van der Waals surface area contributed by atoms with Crippen molar-refractivity contribution in [3.8, 4) is 23.1 Å². The van der Waals surface area contributed by atoms with E-state index in [4.69, 9.17) is 13.9 Å². The van der Waals surface area contributed by atoms with Gasteiger partial charge in [-0.15, -0.1) is 10.2 Å². The molecule has 3 heterocycles. The van der Waals surface area contributed by atoms with Crippen LogP contribution < -0.4 is 14.8 Å². The van der Waals surface area contributed by atoms with E-state index in [2.05, 4.69) is 27.0 Å². The summed E-state index contributed by atoms with van der Waals surface area (Å²) < 4.78 is 18.4. The normalized spacial score (nSPS) is 12.5. The maximum atomic E-state index is 5.50. The molecule has 1 aliphatic rings. The topological polar surface area (TPSA) is 74.3 Å². The smallest absolute Gasteiger partial charge is 0.231 e. The second kappa shape index (κ2) is 7.10. The molecule has 25 heavy (non-hydrogen) atoms. The molecule has 1 aromatic carbocycles. The summed E-state index contributed by atoms with van der Waals surface area (Å²) in [6.45, 7) is 3.91. The molecule has 3 aromatic rings. The van der Waals surface area contributed by atoms with Crippen molar-refractivity contribution in [2.45, 2.75) is 18.6 Å². The fourth-order valence-electron chi connectivity index (χ4n) is 2.67. The number of para-hydroxylation sites is 1. The number of aromatic nitrogens is 3. The van der Waals surface area contributed by atoms with Crippen molar-refractivity contribution in [3.63, 3.8) is 0 Å². The third-order valence-electron chi connectivity index (χ3n) is 3.82. The Bertz CT molecular complexity index is 848. The van der Waals surface area contributed by atoms with E-state index in [9.17, 15) is 0 Å². The van der Waals surface area contributed by atoms with Gasteiger partial charge in [0.1, 0.15) is 0 Å². The van der Waals surface area contributed by atoms with Crippen LogP contribution in [0.25, 0.3) is 11.6 Å². The molecule has 0 fully saturated rings. The van der Waals surface area contributed by atoms with Gasteiger partial charge in [0, 0.05) is 18.8 Å². The lowest BCUT2D eigenvalue weighted by Crippen LogP contribution is -2.06. The van der Waals surface area contributed by atoms with Crippen molar-refractivity contribution < 1.29 is 13.9 Å². The number of hydrogen-bond donors (Lipinski definition) is 1. The van der Waals surface area contributed by atoms with Crippen molar-refractivity contribution in [1.82, 2.24) is 14.8 Å². The highest BCUT2D eigenvalue weighted by atomic mass is 32.2. The second-order valence-electron chi connectivity index (χ2n) is 5.34. The van der Waals surface area contributed by atoms with E-state index in [0.29, 0.717) is 0 Å². The molecule has 2 aromatic heterocycles. The van der Waals surface area contributed by atoms with Crippen molar-refractivity contribution in [3.05, 3.63) is 36.6 Å². The van der Waals surface area contributed by atoms with Gasteiger partial charge in [-0.05, 0) is 31.2 Å². The van der Waals surface area contributed by atoms with Gasteiger partial charge in [0.25, 0.3) is 0 Å². The first-order valence-electron chi connectivity index (χ1n) is 8.09. The molecule has 0 bridgehead atoms. The van der Waals surface area contributed by atoms with Gasteiger partial charge in [0.15, 0.2) is 28.2 Å². The van der Waals surface area contributed by atoms with Crippen LogP contribution >= 0.6 is 11.8 Å². The summed E-state index contributed by atoms with van der Waals surface area (Å²) in [6.07, 6.45) is 1.64. The Kier molecular flexibility index (Phi) is 4.51. The molecule has 130 valence electrons. The standard InChI is InChI=1S/C17H18N4O3S/c1-2-21-16(14-7-4-9-22-14)19-20-17(21)25-10-8-18-12-5-3-6-13-15(12)24-11-23-13/h3-7,9,18H,2,8,10-11H2,1H3. The molecule has 0 saturated carbocycles. The number of anilines is 1. The van der Waals surface area contributed by atoms with E-state index >= 15 is 0 Å². The minimum Gasteiger partial charge on any atom is -0.461 e. The fourth-order valence-corrected chi connectivity index (χ4v) is 3.52. The summed E-state index contributed by atoms with van der Waals surface area (Å²) in [5.74, 6) is 3.90. The van der Waals surface area contributed by atoms with E-state index in [0.717, 1.165) is 52.8 Å². The first-order valence-corrected chi connectivity index (χ1v) is 9.07. The molecule has 0 unspecified atom stereocenters. The number of ether oxygens (including phenoxy) is 2. The van der Waals surface area contributed by atoms with Crippen molar-refractivity contribution >= 4 is 17.4 Å². The number of nitrogens with one attached hydrogen (secondary N) is 1. The van der Waals surface area contributed by atoms with Gasteiger partial charge in [0.2, 0.25) is 6.79 Å². The molecule has 1 N–H and O–H groups in total. The number of hydrogen-bond acceptors (Lipinski definition) is 7. The first kappa shape index (κ1) is 15.9. The van der Waals surface area contributed by atoms with E-state index in [1.165, 1.54) is 0 Å². The van der Waals surface area contributed by atoms with Crippen LogP contribution in [0, 0.1) is 0 Å². The maximum absolute atomic E-state index is 5.50. The molecule has 0 saturated heterocycles. The molecule has 0 atom stereocenters. The number of rotatable bonds is 7. The lowest BCUT2D eigenvalue weighted by molar-refractivity contribution is 0.174. The Morgan fingerprint density at radius 1 is 1.20 bits per heavy atom. The van der Waals surface area contributed by atoms with Gasteiger partial charge in [-0.2, -0.15) is 0 Å². The van der Waals surface area contributed by atoms with E-state index in [1.54, 1.807) is 18.0 Å². The highest BCUT2D eigenvalue weighted by Crippen LogP contribution is 2.38. The summed E-state index contributed by atoms with van der Waals surface area (Å²) in [7, 11) is 0. The van der Waals surface area contributed by atoms with Crippen LogP contribution in [0.1, 0.15) is 6.92 Å². The van der Waals surface area contributed by atoms with Crippen molar-refractivity contribution in [2.75, 3.05) is 24.4 Å². The highest BCUT2D eigenvalue weighted by molar-refractivity contribution is 7.99. The number of thioether (sulfide) groups is 1. The Balaban J connectivity index is 1.37. The zero-order valence-electron chi connectivity index (χ0n) is 13.8. The zero-order chi connectivity index (χ0) is 17.1. The molecule has 0 spiro atoms. The van der Waals surface area contributed by atoms with Crippen LogP contribution in [0.5, 0.6) is 11.5 Å². The lowest BCUT2D eigenvalue weighted by atomic mass is 10.2. The average Bonchev–Trinajstić information content (AvgIpc) is 3.38. The number of furan rings is 1. The molecule has 0 amide bonds. The first-order chi connectivity index (χ1) is 12.4. The summed E-state index contributed by atoms with van der Waals surface area (Å²) >= 11 is 1.66. The SMILES string of the molecule is CCn1c(SCCNc2cccc3c2OCO3)nnc1-c1ccco1. The third-order valence-corrected chi connectivity index (χ3v) is 4.79. The quantitative estimate of drug-likeness (QED) is 0.512. The van der Waals surface area contributed by atoms with Crippen molar-refractivity contribution in [1.29, 1.82) is 0 Å². The largest absolute Gasteiger partial charge is 0.461 e. The number of fused-ring (bicyclic) bond motifs is 1. The van der Waals surface area contributed by atoms with Crippen LogP contribution in [0.4, 0.5) is 5.69 Å². The molecule has 0 radical (unpaired) electrons. The zero-order valence-corrected chi connectivity index (χ0v) is 14.6. The minimum atomic E-state index is 0.276. The molecule has 4 rings (SSSR count). The van der Waals surface area contributed by atoms with Crippen molar-refractivity contribution in [2.24, 2.45) is 0 Å². The minimum absolute atomic E-state index is 0.276. The second-order valence-corrected chi connectivity index (χ2v) is 6.40. The Labute approximate surface area is 149 Å². The van der Waals surface area contributed by atoms with Gasteiger partial charge < -0.3 is 19.2 Å². The maximum Gasteiger partial charge on any atom is 0.231 e. The predicted molar refractivity (Wildman–Crippen MR) is 95.2 cm³/mol. The van der Waals surface area contributed by atoms with Crippen LogP contribution in [0.15, 0.2) is 46.2 Å². The monoisotopic (exact) mass is 358 g/mol. The molecule has 7 nitrogen and oxygen atoms in total. The van der Waals surface area contributed by atoms with Gasteiger partial charge in [0.05, 0.1) is 12.0 Å². The Morgan fingerprint density at radius 2 is 2.16 bits per heavy atom. The molecular formula is C17H18N4O3S. The van der Waals surface area contributed by atoms with Gasteiger partial charge >= 0.3 is 0 Å². The highest BCUT2D eigenvalue weighted by Gasteiger charge is 2.17. The van der Waals surface area contributed by atoms with Gasteiger partial charge in [-0.3, -0.25) is 4.57 Å². The predicted octanol–water partition coefficient (Wildman–Crippen LogP) is 3.49. The van der Waals surface area contributed by atoms with Crippen LogP contribution in [0.3, 0.4) is 0 Å². The fraction of sp³-hybridized carbons (Fsp3) is 0.294. The number of nitrogens with zero attached hydrogens (tertiary/aromatic N) is 3. The summed E-state index contributed by atoms with van der Waals surface area (Å²) in [5, 5.41) is 12.8. The molecule has 1 aliphatic heterocycles. The van der Waals surface area contributed by atoms with Gasteiger partial charge in [-0.1, -0.05) is 17.8 Å². The Hall–Kier alpha value is -2.61. The van der Waals surface area contributed by atoms with Gasteiger partial charge in [-0.25, -0.2) is 0 Å². The van der Waals surface area contributed by atoms with E-state index in [-0.39, 0.29) is 6.79 Å². The summed E-state index contributed by atoms with van der Waals surface area (Å²) in [5.41, 5.74) is 0.948. The molecule has 0 aliphatic carbocycles. The number of benzene rings is 1. The van der Waals surface area contributed by atoms with Crippen LogP contribution in [-0.2, 0) is 6.54 Å². The molecule has 8 heteroatoms. The molecular weight excluding hydrogens is 340 g/mol. The van der Waals surface area contributed by atoms with Crippen LogP contribution in [-0.4, -0.2) is 33.9 Å². The van der Waals surface area contributed by atoms with E-state index in [1.807, 2.05) is 30.3 Å².